The minimum absolute atomic E-state index is 0.225. The van der Waals surface area contributed by atoms with Gasteiger partial charge in [-0.25, -0.2) is 4.39 Å². The van der Waals surface area contributed by atoms with Crippen LogP contribution in [0.5, 0.6) is 5.75 Å². The molecule has 2 aromatic rings. The van der Waals surface area contributed by atoms with Gasteiger partial charge in [-0.2, -0.15) is 0 Å². The summed E-state index contributed by atoms with van der Waals surface area (Å²) in [5.41, 5.74) is 0.779. The molecule has 2 aliphatic heterocycles. The summed E-state index contributed by atoms with van der Waals surface area (Å²) in [5, 5.41) is 4.36. The van der Waals surface area contributed by atoms with Crippen molar-refractivity contribution >= 4 is 10.9 Å². The number of pyridine rings is 1. The molecule has 3 heterocycles. The predicted octanol–water partition coefficient (Wildman–Crippen LogP) is 3.04. The zero-order valence-corrected chi connectivity index (χ0v) is 11.2. The van der Waals surface area contributed by atoms with Gasteiger partial charge in [0.2, 0.25) is 0 Å². The van der Waals surface area contributed by atoms with Crippen LogP contribution in [0.25, 0.3) is 10.9 Å². The number of halogens is 1. The zero-order chi connectivity index (χ0) is 13.5. The molecular formula is C16H17FN2O. The molecule has 2 atom stereocenters. The monoisotopic (exact) mass is 272 g/mol. The van der Waals surface area contributed by atoms with E-state index < -0.39 is 0 Å². The van der Waals surface area contributed by atoms with Crippen LogP contribution in [0.1, 0.15) is 25.7 Å². The Morgan fingerprint density at radius 3 is 2.75 bits per heavy atom. The minimum atomic E-state index is -0.249. The number of piperidine rings is 1. The van der Waals surface area contributed by atoms with Crippen molar-refractivity contribution in [2.24, 2.45) is 0 Å². The molecule has 20 heavy (non-hydrogen) atoms. The van der Waals surface area contributed by atoms with Crippen LogP contribution in [-0.4, -0.2) is 23.2 Å². The van der Waals surface area contributed by atoms with E-state index >= 15 is 0 Å². The van der Waals surface area contributed by atoms with Gasteiger partial charge in [0.05, 0.1) is 5.52 Å². The topological polar surface area (TPSA) is 34.1 Å². The highest BCUT2D eigenvalue weighted by molar-refractivity contribution is 5.84. The summed E-state index contributed by atoms with van der Waals surface area (Å²) in [7, 11) is 0. The van der Waals surface area contributed by atoms with Gasteiger partial charge in [0.25, 0.3) is 0 Å². The number of nitrogens with one attached hydrogen (secondary N) is 1. The molecule has 1 N–H and O–H groups in total. The first-order valence-electron chi connectivity index (χ1n) is 7.25. The molecule has 2 bridgehead atoms. The van der Waals surface area contributed by atoms with E-state index in [2.05, 4.69) is 10.3 Å². The third-order valence-electron chi connectivity index (χ3n) is 4.39. The van der Waals surface area contributed by atoms with Crippen LogP contribution < -0.4 is 10.1 Å². The quantitative estimate of drug-likeness (QED) is 0.912. The van der Waals surface area contributed by atoms with E-state index in [1.54, 1.807) is 12.3 Å². The summed E-state index contributed by atoms with van der Waals surface area (Å²) in [6.07, 6.45) is 6.52. The molecule has 0 aliphatic carbocycles. The SMILES string of the molecule is Fc1ccc2nccc(OC3CC4CCC(C3)N4)c2c1. The third kappa shape index (κ3) is 2.14. The Bertz CT molecular complexity index is 633. The lowest BCUT2D eigenvalue weighted by Gasteiger charge is -2.29. The standard InChI is InChI=1S/C16H17FN2O/c17-10-1-4-15-14(7-10)16(5-6-18-15)20-13-8-11-2-3-12(9-13)19-11/h1,4-7,11-13,19H,2-3,8-9H2. The molecule has 104 valence electrons. The first kappa shape index (κ1) is 12.1. The highest BCUT2D eigenvalue weighted by atomic mass is 19.1. The summed E-state index contributed by atoms with van der Waals surface area (Å²) < 4.78 is 19.6. The first-order valence-corrected chi connectivity index (χ1v) is 7.25. The Morgan fingerprint density at radius 1 is 1.15 bits per heavy atom. The van der Waals surface area contributed by atoms with E-state index in [9.17, 15) is 4.39 Å². The van der Waals surface area contributed by atoms with Gasteiger partial charge in [0.1, 0.15) is 17.7 Å². The molecule has 0 radical (unpaired) electrons. The van der Waals surface area contributed by atoms with Crippen molar-refractivity contribution in [2.45, 2.75) is 43.9 Å². The number of fused-ring (bicyclic) bond motifs is 3. The number of nitrogens with zero attached hydrogens (tertiary/aromatic N) is 1. The maximum absolute atomic E-state index is 13.4. The van der Waals surface area contributed by atoms with Crippen molar-refractivity contribution in [3.8, 4) is 5.75 Å². The van der Waals surface area contributed by atoms with Crippen molar-refractivity contribution in [3.63, 3.8) is 0 Å². The molecule has 2 aliphatic rings. The fourth-order valence-corrected chi connectivity index (χ4v) is 3.48. The Morgan fingerprint density at radius 2 is 1.95 bits per heavy atom. The predicted molar refractivity (Wildman–Crippen MR) is 75.3 cm³/mol. The molecule has 0 amide bonds. The second-order valence-electron chi connectivity index (χ2n) is 5.82. The average molecular weight is 272 g/mol. The molecule has 4 heteroatoms. The van der Waals surface area contributed by atoms with Gasteiger partial charge in [-0.15, -0.1) is 0 Å². The number of aromatic nitrogens is 1. The van der Waals surface area contributed by atoms with Gasteiger partial charge in [-0.1, -0.05) is 0 Å². The normalized spacial score (nSPS) is 28.8. The second-order valence-corrected chi connectivity index (χ2v) is 5.82. The smallest absolute Gasteiger partial charge is 0.130 e. The first-order chi connectivity index (χ1) is 9.78. The van der Waals surface area contributed by atoms with E-state index in [1.165, 1.54) is 25.0 Å². The lowest BCUT2D eigenvalue weighted by molar-refractivity contribution is 0.139. The van der Waals surface area contributed by atoms with Crippen LogP contribution in [0, 0.1) is 5.82 Å². The Hall–Kier alpha value is -1.68. The van der Waals surface area contributed by atoms with Crippen LogP contribution in [0.2, 0.25) is 0 Å². The molecule has 2 unspecified atom stereocenters. The largest absolute Gasteiger partial charge is 0.490 e. The molecule has 3 nitrogen and oxygen atoms in total. The Balaban J connectivity index is 1.63. The van der Waals surface area contributed by atoms with E-state index in [4.69, 9.17) is 4.74 Å². The van der Waals surface area contributed by atoms with Crippen LogP contribution in [-0.2, 0) is 0 Å². The van der Waals surface area contributed by atoms with Crippen molar-refractivity contribution in [1.29, 1.82) is 0 Å². The fraction of sp³-hybridized carbons (Fsp3) is 0.438. The molecule has 0 saturated carbocycles. The van der Waals surface area contributed by atoms with Crippen molar-refractivity contribution < 1.29 is 9.13 Å². The molecule has 2 saturated heterocycles. The second kappa shape index (κ2) is 4.70. The van der Waals surface area contributed by atoms with Gasteiger partial charge in [0, 0.05) is 23.7 Å². The van der Waals surface area contributed by atoms with Crippen LogP contribution >= 0.6 is 0 Å². The zero-order valence-electron chi connectivity index (χ0n) is 11.2. The van der Waals surface area contributed by atoms with Gasteiger partial charge in [-0.05, 0) is 49.9 Å². The number of rotatable bonds is 2. The van der Waals surface area contributed by atoms with E-state index in [1.807, 2.05) is 6.07 Å². The summed E-state index contributed by atoms with van der Waals surface area (Å²) in [4.78, 5) is 4.26. The average Bonchev–Trinajstić information content (AvgIpc) is 2.79. The third-order valence-corrected chi connectivity index (χ3v) is 4.39. The lowest BCUT2D eigenvalue weighted by Crippen LogP contribution is -2.42. The van der Waals surface area contributed by atoms with Crippen LogP contribution in [0.15, 0.2) is 30.5 Å². The van der Waals surface area contributed by atoms with Crippen LogP contribution in [0.3, 0.4) is 0 Å². The van der Waals surface area contributed by atoms with Crippen LogP contribution in [0.4, 0.5) is 4.39 Å². The van der Waals surface area contributed by atoms with Crippen molar-refractivity contribution in [3.05, 3.63) is 36.3 Å². The van der Waals surface area contributed by atoms with E-state index in [0.717, 1.165) is 29.5 Å². The van der Waals surface area contributed by atoms with E-state index in [-0.39, 0.29) is 11.9 Å². The van der Waals surface area contributed by atoms with Crippen molar-refractivity contribution in [1.82, 2.24) is 10.3 Å². The molecule has 1 aromatic heterocycles. The number of ether oxygens (including phenoxy) is 1. The fourth-order valence-electron chi connectivity index (χ4n) is 3.48. The maximum Gasteiger partial charge on any atom is 0.130 e. The number of hydrogen-bond donors (Lipinski definition) is 1. The molecule has 4 rings (SSSR count). The highest BCUT2D eigenvalue weighted by Gasteiger charge is 2.34. The maximum atomic E-state index is 13.4. The highest BCUT2D eigenvalue weighted by Crippen LogP contribution is 2.32. The molecule has 0 spiro atoms. The Kier molecular flexibility index (Phi) is 2.84. The summed E-state index contributed by atoms with van der Waals surface area (Å²) in [6.45, 7) is 0. The van der Waals surface area contributed by atoms with Gasteiger partial charge in [-0.3, -0.25) is 4.98 Å². The minimum Gasteiger partial charge on any atom is -0.490 e. The van der Waals surface area contributed by atoms with Gasteiger partial charge >= 0.3 is 0 Å². The summed E-state index contributed by atoms with van der Waals surface area (Å²) in [5.74, 6) is 0.501. The van der Waals surface area contributed by atoms with Gasteiger partial charge in [0.15, 0.2) is 0 Å². The number of hydrogen-bond acceptors (Lipinski definition) is 3. The number of benzene rings is 1. The molecule has 1 aromatic carbocycles. The Labute approximate surface area is 117 Å². The van der Waals surface area contributed by atoms with E-state index in [0.29, 0.717) is 12.1 Å². The van der Waals surface area contributed by atoms with Crippen molar-refractivity contribution in [2.75, 3.05) is 0 Å². The van der Waals surface area contributed by atoms with Gasteiger partial charge < -0.3 is 10.1 Å². The molecule has 2 fully saturated rings. The summed E-state index contributed by atoms with van der Waals surface area (Å²) >= 11 is 0. The summed E-state index contributed by atoms with van der Waals surface area (Å²) in [6, 6.07) is 7.65. The lowest BCUT2D eigenvalue weighted by atomic mass is 10.0. The molecular weight excluding hydrogens is 255 g/mol.